The monoisotopic (exact) mass is 333 g/mol. The maximum Gasteiger partial charge on any atom is 0.273 e. The van der Waals surface area contributed by atoms with E-state index in [1.807, 2.05) is 17.0 Å². The van der Waals surface area contributed by atoms with E-state index < -0.39 is 0 Å². The second-order valence-corrected chi connectivity index (χ2v) is 6.71. The molecular weight excluding hydrogens is 313 g/mol. The number of likely N-dealkylation sites (tertiary alicyclic amines) is 1. The average Bonchev–Trinajstić information content (AvgIpc) is 3.06. The van der Waals surface area contributed by atoms with Crippen LogP contribution in [0.2, 0.25) is 0 Å². The van der Waals surface area contributed by atoms with Crippen LogP contribution >= 0.6 is 11.3 Å². The van der Waals surface area contributed by atoms with Gasteiger partial charge in [0.25, 0.3) is 5.91 Å². The minimum atomic E-state index is -0.196. The van der Waals surface area contributed by atoms with Gasteiger partial charge >= 0.3 is 0 Å². The highest BCUT2D eigenvalue weighted by Gasteiger charge is 2.25. The molecule has 0 bridgehead atoms. The van der Waals surface area contributed by atoms with Crippen molar-refractivity contribution in [1.29, 1.82) is 0 Å². The van der Waals surface area contributed by atoms with Crippen molar-refractivity contribution in [3.05, 3.63) is 46.7 Å². The van der Waals surface area contributed by atoms with Crippen molar-refractivity contribution in [2.45, 2.75) is 19.3 Å². The predicted molar refractivity (Wildman–Crippen MR) is 90.4 cm³/mol. The van der Waals surface area contributed by atoms with Gasteiger partial charge in [0.15, 0.2) is 5.13 Å². The fraction of sp³-hybridized carbons (Fsp3) is 0.412. The first-order valence-electron chi connectivity index (χ1n) is 7.82. The number of piperidine rings is 1. The third-order valence-corrected chi connectivity index (χ3v) is 5.14. The summed E-state index contributed by atoms with van der Waals surface area (Å²) in [7, 11) is 1.80. The third kappa shape index (κ3) is 3.88. The molecule has 1 aromatic heterocycles. The number of thiazole rings is 1. The summed E-state index contributed by atoms with van der Waals surface area (Å²) in [6.45, 7) is 1.52. The number of carbonyl (C=O) groups is 1. The van der Waals surface area contributed by atoms with E-state index in [2.05, 4.69) is 10.3 Å². The van der Waals surface area contributed by atoms with Gasteiger partial charge in [-0.25, -0.2) is 9.37 Å². The van der Waals surface area contributed by atoms with Crippen molar-refractivity contribution in [3.8, 4) is 0 Å². The Morgan fingerprint density at radius 2 is 2.04 bits per heavy atom. The van der Waals surface area contributed by atoms with Gasteiger partial charge in [-0.05, 0) is 42.9 Å². The zero-order chi connectivity index (χ0) is 16.2. The molecule has 0 spiro atoms. The maximum atomic E-state index is 12.9. The smallest absolute Gasteiger partial charge is 0.273 e. The van der Waals surface area contributed by atoms with Crippen molar-refractivity contribution in [2.75, 3.05) is 25.5 Å². The summed E-state index contributed by atoms with van der Waals surface area (Å²) in [5.74, 6) is 0.370. The van der Waals surface area contributed by atoms with E-state index >= 15 is 0 Å². The topological polar surface area (TPSA) is 45.2 Å². The molecule has 1 saturated heterocycles. The highest BCUT2D eigenvalue weighted by Crippen LogP contribution is 2.24. The number of amides is 1. The Balaban J connectivity index is 1.53. The minimum absolute atomic E-state index is 0.0167. The molecule has 4 nitrogen and oxygen atoms in total. The highest BCUT2D eigenvalue weighted by atomic mass is 32.1. The lowest BCUT2D eigenvalue weighted by Gasteiger charge is -2.31. The standard InChI is InChI=1S/C17H20FN3OS/c1-19-17-20-15(11-23-17)16(22)21-8-6-13(7-9-21)10-12-2-4-14(18)5-3-12/h2-5,11,13H,6-10H2,1H3,(H,19,20). The maximum absolute atomic E-state index is 12.9. The molecule has 1 N–H and O–H groups in total. The van der Waals surface area contributed by atoms with Gasteiger partial charge < -0.3 is 10.2 Å². The van der Waals surface area contributed by atoms with E-state index in [0.29, 0.717) is 11.6 Å². The largest absolute Gasteiger partial charge is 0.365 e. The van der Waals surface area contributed by atoms with Gasteiger partial charge in [0.2, 0.25) is 0 Å². The lowest BCUT2D eigenvalue weighted by Crippen LogP contribution is -2.39. The van der Waals surface area contributed by atoms with Crippen LogP contribution in [0, 0.1) is 11.7 Å². The van der Waals surface area contributed by atoms with Crippen molar-refractivity contribution >= 4 is 22.4 Å². The molecule has 0 unspecified atom stereocenters. The van der Waals surface area contributed by atoms with Crippen LogP contribution in [0.5, 0.6) is 0 Å². The minimum Gasteiger partial charge on any atom is -0.365 e. The molecule has 122 valence electrons. The van der Waals surface area contributed by atoms with E-state index in [0.717, 1.165) is 43.0 Å². The molecule has 1 amide bonds. The van der Waals surface area contributed by atoms with Crippen molar-refractivity contribution in [1.82, 2.24) is 9.88 Å². The summed E-state index contributed by atoms with van der Waals surface area (Å²) >= 11 is 1.44. The number of hydrogen-bond acceptors (Lipinski definition) is 4. The van der Waals surface area contributed by atoms with Crippen LogP contribution in [-0.4, -0.2) is 35.9 Å². The normalized spacial score (nSPS) is 15.7. The Kier molecular flexibility index (Phi) is 4.91. The summed E-state index contributed by atoms with van der Waals surface area (Å²) in [5.41, 5.74) is 1.69. The van der Waals surface area contributed by atoms with Crippen molar-refractivity contribution in [3.63, 3.8) is 0 Å². The van der Waals surface area contributed by atoms with Crippen LogP contribution in [0.1, 0.15) is 28.9 Å². The molecule has 3 rings (SSSR count). The van der Waals surface area contributed by atoms with Crippen LogP contribution < -0.4 is 5.32 Å². The zero-order valence-corrected chi connectivity index (χ0v) is 13.9. The summed E-state index contributed by atoms with van der Waals surface area (Å²) in [6, 6.07) is 6.72. The lowest BCUT2D eigenvalue weighted by molar-refractivity contribution is 0.0685. The number of anilines is 1. The van der Waals surface area contributed by atoms with Crippen LogP contribution in [0.3, 0.4) is 0 Å². The number of hydrogen-bond donors (Lipinski definition) is 1. The second kappa shape index (κ2) is 7.08. The van der Waals surface area contributed by atoms with E-state index in [-0.39, 0.29) is 11.7 Å². The molecule has 0 atom stereocenters. The molecule has 1 aromatic carbocycles. The van der Waals surface area contributed by atoms with Gasteiger partial charge in [-0.2, -0.15) is 0 Å². The Morgan fingerprint density at radius 3 is 2.65 bits per heavy atom. The number of carbonyl (C=O) groups excluding carboxylic acids is 1. The molecule has 0 saturated carbocycles. The van der Waals surface area contributed by atoms with E-state index in [1.165, 1.54) is 23.5 Å². The van der Waals surface area contributed by atoms with Gasteiger partial charge in [0.05, 0.1) is 0 Å². The van der Waals surface area contributed by atoms with Crippen molar-refractivity contribution < 1.29 is 9.18 Å². The van der Waals surface area contributed by atoms with E-state index in [1.54, 1.807) is 12.4 Å². The lowest BCUT2D eigenvalue weighted by atomic mass is 9.90. The van der Waals surface area contributed by atoms with Gasteiger partial charge in [-0.15, -0.1) is 11.3 Å². The van der Waals surface area contributed by atoms with Crippen LogP contribution in [0.15, 0.2) is 29.6 Å². The molecule has 6 heteroatoms. The number of aromatic nitrogens is 1. The summed E-state index contributed by atoms with van der Waals surface area (Å²) in [6.07, 6.45) is 2.90. The second-order valence-electron chi connectivity index (χ2n) is 5.85. The van der Waals surface area contributed by atoms with Crippen molar-refractivity contribution in [2.24, 2.45) is 5.92 Å². The van der Waals surface area contributed by atoms with Gasteiger partial charge in [0.1, 0.15) is 11.5 Å². The summed E-state index contributed by atoms with van der Waals surface area (Å²) in [5, 5.41) is 5.52. The molecule has 2 aromatic rings. The first-order valence-corrected chi connectivity index (χ1v) is 8.70. The van der Waals surface area contributed by atoms with E-state index in [9.17, 15) is 9.18 Å². The predicted octanol–water partition coefficient (Wildman–Crippen LogP) is 3.42. The molecule has 0 radical (unpaired) electrons. The molecule has 0 aliphatic carbocycles. The molecule has 2 heterocycles. The Bertz CT molecular complexity index is 663. The Hall–Kier alpha value is -1.95. The Labute approximate surface area is 139 Å². The fourth-order valence-electron chi connectivity index (χ4n) is 2.94. The SMILES string of the molecule is CNc1nc(C(=O)N2CCC(Cc3ccc(F)cc3)CC2)cs1. The highest BCUT2D eigenvalue weighted by molar-refractivity contribution is 7.13. The molecule has 1 aliphatic rings. The third-order valence-electron chi connectivity index (χ3n) is 4.28. The van der Waals surface area contributed by atoms with Crippen LogP contribution in [0.25, 0.3) is 0 Å². The van der Waals surface area contributed by atoms with Crippen LogP contribution in [0.4, 0.5) is 9.52 Å². The fourth-order valence-corrected chi connectivity index (χ4v) is 3.59. The molecular formula is C17H20FN3OS. The van der Waals surface area contributed by atoms with Gasteiger partial charge in [0, 0.05) is 25.5 Å². The quantitative estimate of drug-likeness (QED) is 0.932. The van der Waals surface area contributed by atoms with Crippen LogP contribution in [-0.2, 0) is 6.42 Å². The van der Waals surface area contributed by atoms with Gasteiger partial charge in [-0.3, -0.25) is 4.79 Å². The molecule has 1 aliphatic heterocycles. The summed E-state index contributed by atoms with van der Waals surface area (Å²) in [4.78, 5) is 18.6. The number of nitrogens with zero attached hydrogens (tertiary/aromatic N) is 2. The number of halogens is 1. The van der Waals surface area contributed by atoms with Gasteiger partial charge in [-0.1, -0.05) is 12.1 Å². The number of rotatable bonds is 4. The molecule has 1 fully saturated rings. The summed E-state index contributed by atoms with van der Waals surface area (Å²) < 4.78 is 12.9. The number of nitrogens with one attached hydrogen (secondary N) is 1. The zero-order valence-electron chi connectivity index (χ0n) is 13.1. The first-order chi connectivity index (χ1) is 11.2. The molecule has 23 heavy (non-hydrogen) atoms. The Morgan fingerprint density at radius 1 is 1.35 bits per heavy atom. The number of benzene rings is 1. The van der Waals surface area contributed by atoms with E-state index in [4.69, 9.17) is 0 Å². The average molecular weight is 333 g/mol. The first kappa shape index (κ1) is 15.9.